The van der Waals surface area contributed by atoms with Crippen LogP contribution in [0.1, 0.15) is 16.5 Å². The van der Waals surface area contributed by atoms with Crippen LogP contribution in [0.2, 0.25) is 0 Å². The maximum absolute atomic E-state index is 14.6. The Morgan fingerprint density at radius 2 is 1.40 bits per heavy atom. The maximum atomic E-state index is 14.6. The highest BCUT2D eigenvalue weighted by Crippen LogP contribution is 2.42. The van der Waals surface area contributed by atoms with Gasteiger partial charge in [0.2, 0.25) is 0 Å². The summed E-state index contributed by atoms with van der Waals surface area (Å²) in [4.78, 5) is 35.4. The number of anilines is 2. The molecule has 4 aromatic carbocycles. The lowest BCUT2D eigenvalue weighted by Gasteiger charge is -2.34. The molecule has 238 valence electrons. The van der Waals surface area contributed by atoms with Gasteiger partial charge in [0.25, 0.3) is 17.2 Å². The van der Waals surface area contributed by atoms with E-state index in [1.165, 1.54) is 25.9 Å². The number of thioether (sulfide) groups is 1. The second kappa shape index (κ2) is 15.1. The molecule has 0 spiro atoms. The van der Waals surface area contributed by atoms with Crippen molar-refractivity contribution in [2.75, 3.05) is 21.6 Å². The summed E-state index contributed by atoms with van der Waals surface area (Å²) in [7, 11) is 0. The molecular formula is C36H32N4O5S2. The Kier molecular flexibility index (Phi) is 10.3. The standard InChI is InChI=1S/C36H32N4O5S2/c41-34(33-25-46-35(30-20-22-37-23-21-30)40(33)36(42)45-24-27-10-4-1-5-11-27)38(31-14-8-3-9-15-31)26-39(47(43)44)32-18-16-29(17-19-32)28-12-6-2-7-13-28/h1-23,33,35H,24-26H2,(H,43,44). The summed E-state index contributed by atoms with van der Waals surface area (Å²) >= 11 is -1.02. The van der Waals surface area contributed by atoms with Crippen LogP contribution in [0.5, 0.6) is 0 Å². The number of benzene rings is 4. The molecule has 9 nitrogen and oxygen atoms in total. The first-order valence-corrected chi connectivity index (χ1v) is 17.0. The summed E-state index contributed by atoms with van der Waals surface area (Å²) in [6.45, 7) is -0.200. The number of ether oxygens (including phenoxy) is 1. The SMILES string of the molecule is O=C(C1CSC(c2ccncc2)N1C(=O)OCc1ccccc1)N(CN(c1ccc(-c2ccccc2)cc1)S(=O)O)c1ccccc1. The number of rotatable bonds is 10. The highest BCUT2D eigenvalue weighted by atomic mass is 32.2. The highest BCUT2D eigenvalue weighted by molar-refractivity contribution is 7.99. The smallest absolute Gasteiger partial charge is 0.412 e. The van der Waals surface area contributed by atoms with Gasteiger partial charge in [-0.25, -0.2) is 13.3 Å². The van der Waals surface area contributed by atoms with E-state index in [9.17, 15) is 18.4 Å². The molecule has 3 unspecified atom stereocenters. The largest absolute Gasteiger partial charge is 0.444 e. The van der Waals surface area contributed by atoms with Gasteiger partial charge in [-0.05, 0) is 58.7 Å². The van der Waals surface area contributed by atoms with Crippen LogP contribution in [0.25, 0.3) is 11.1 Å². The second-order valence-corrected chi connectivity index (χ2v) is 12.7. The van der Waals surface area contributed by atoms with Crippen molar-refractivity contribution in [1.29, 1.82) is 0 Å². The first-order chi connectivity index (χ1) is 23.0. The van der Waals surface area contributed by atoms with Gasteiger partial charge < -0.3 is 4.74 Å². The molecule has 3 atom stereocenters. The zero-order valence-electron chi connectivity index (χ0n) is 25.2. The van der Waals surface area contributed by atoms with Crippen LogP contribution in [0.15, 0.2) is 140 Å². The first-order valence-electron chi connectivity index (χ1n) is 14.9. The van der Waals surface area contributed by atoms with Crippen LogP contribution in [0, 0.1) is 0 Å². The zero-order chi connectivity index (χ0) is 32.6. The molecule has 1 aliphatic rings. The van der Waals surface area contributed by atoms with E-state index < -0.39 is 34.7 Å². The van der Waals surface area contributed by atoms with Gasteiger partial charge in [0.1, 0.15) is 24.7 Å². The summed E-state index contributed by atoms with van der Waals surface area (Å²) in [5.74, 6) is -0.114. The van der Waals surface area contributed by atoms with Crippen molar-refractivity contribution >= 4 is 46.4 Å². The molecule has 47 heavy (non-hydrogen) atoms. The van der Waals surface area contributed by atoms with Crippen molar-refractivity contribution in [3.63, 3.8) is 0 Å². The van der Waals surface area contributed by atoms with E-state index in [2.05, 4.69) is 4.98 Å². The van der Waals surface area contributed by atoms with Crippen molar-refractivity contribution in [3.05, 3.63) is 151 Å². The van der Waals surface area contributed by atoms with Crippen LogP contribution in [0.4, 0.5) is 16.2 Å². The Bertz CT molecular complexity index is 1800. The number of hydrogen-bond acceptors (Lipinski definition) is 6. The number of para-hydroxylation sites is 1. The average molecular weight is 665 g/mol. The quantitative estimate of drug-likeness (QED) is 0.125. The number of pyridine rings is 1. The second-order valence-electron chi connectivity index (χ2n) is 10.7. The molecule has 0 saturated carbocycles. The third-order valence-electron chi connectivity index (χ3n) is 7.75. The molecule has 2 heterocycles. The molecule has 2 amide bonds. The van der Waals surface area contributed by atoms with Crippen molar-refractivity contribution in [1.82, 2.24) is 9.88 Å². The van der Waals surface area contributed by atoms with Gasteiger partial charge in [-0.1, -0.05) is 91.0 Å². The molecule has 5 aromatic rings. The average Bonchev–Trinajstić information content (AvgIpc) is 3.58. The van der Waals surface area contributed by atoms with Crippen molar-refractivity contribution < 1.29 is 23.1 Å². The van der Waals surface area contributed by atoms with E-state index in [1.807, 2.05) is 91.0 Å². The number of hydrogen-bond donors (Lipinski definition) is 1. The molecule has 1 N–H and O–H groups in total. The molecular weight excluding hydrogens is 633 g/mol. The van der Waals surface area contributed by atoms with Gasteiger partial charge in [0, 0.05) is 23.8 Å². The van der Waals surface area contributed by atoms with Crippen LogP contribution in [-0.2, 0) is 27.4 Å². The molecule has 0 aliphatic carbocycles. The molecule has 1 aliphatic heterocycles. The van der Waals surface area contributed by atoms with Crippen LogP contribution < -0.4 is 9.21 Å². The monoisotopic (exact) mass is 664 g/mol. The van der Waals surface area contributed by atoms with E-state index in [1.54, 1.807) is 48.8 Å². The third-order valence-corrected chi connectivity index (χ3v) is 9.77. The predicted octanol–water partition coefficient (Wildman–Crippen LogP) is 7.14. The van der Waals surface area contributed by atoms with Gasteiger partial charge in [0.05, 0.1) is 5.69 Å². The fourth-order valence-corrected chi connectivity index (χ4v) is 7.29. The Morgan fingerprint density at radius 1 is 0.809 bits per heavy atom. The fourth-order valence-electron chi connectivity index (χ4n) is 5.37. The van der Waals surface area contributed by atoms with Gasteiger partial charge in [-0.15, -0.1) is 11.8 Å². The number of carbonyl (C=O) groups is 2. The van der Waals surface area contributed by atoms with E-state index >= 15 is 0 Å². The van der Waals surface area contributed by atoms with Crippen molar-refractivity contribution in [3.8, 4) is 11.1 Å². The minimum Gasteiger partial charge on any atom is -0.444 e. The normalized spacial score (nSPS) is 16.3. The van der Waals surface area contributed by atoms with E-state index in [4.69, 9.17) is 4.74 Å². The molecule has 6 rings (SSSR count). The summed E-state index contributed by atoms with van der Waals surface area (Å²) in [5.41, 5.74) is 4.56. The molecule has 11 heteroatoms. The zero-order valence-corrected chi connectivity index (χ0v) is 26.9. The van der Waals surface area contributed by atoms with E-state index in [0.29, 0.717) is 17.1 Å². The predicted molar refractivity (Wildman–Crippen MR) is 186 cm³/mol. The van der Waals surface area contributed by atoms with E-state index in [-0.39, 0.29) is 13.3 Å². The van der Waals surface area contributed by atoms with Crippen molar-refractivity contribution in [2.24, 2.45) is 0 Å². The lowest BCUT2D eigenvalue weighted by atomic mass is 10.1. The molecule has 1 aromatic heterocycles. The number of carbonyl (C=O) groups excluding carboxylic acids is 2. The number of amides is 2. The first kappa shape index (κ1) is 32.0. The van der Waals surface area contributed by atoms with E-state index in [0.717, 1.165) is 22.3 Å². The van der Waals surface area contributed by atoms with Gasteiger partial charge in [-0.3, -0.25) is 24.1 Å². The Balaban J connectivity index is 1.31. The Labute approximate surface area is 280 Å². The maximum Gasteiger partial charge on any atom is 0.412 e. The summed E-state index contributed by atoms with van der Waals surface area (Å²) in [6.07, 6.45) is 2.66. The Hall–Kier alpha value is -4.97. The van der Waals surface area contributed by atoms with Crippen LogP contribution in [0.3, 0.4) is 0 Å². The molecule has 0 radical (unpaired) electrons. The van der Waals surface area contributed by atoms with Gasteiger partial charge in [0.15, 0.2) is 0 Å². The minimum absolute atomic E-state index is 0.0451. The topological polar surface area (TPSA) is 103 Å². The fraction of sp³-hybridized carbons (Fsp3) is 0.139. The number of aromatic nitrogens is 1. The Morgan fingerprint density at radius 3 is 2.04 bits per heavy atom. The molecule has 0 bridgehead atoms. The summed E-state index contributed by atoms with van der Waals surface area (Å²) in [6, 6.07) is 38.0. The highest BCUT2D eigenvalue weighted by Gasteiger charge is 2.45. The lowest BCUT2D eigenvalue weighted by Crippen LogP contribution is -2.53. The third kappa shape index (κ3) is 7.54. The molecule has 1 saturated heterocycles. The van der Waals surface area contributed by atoms with Crippen LogP contribution in [-0.4, -0.2) is 49.1 Å². The van der Waals surface area contributed by atoms with Gasteiger partial charge >= 0.3 is 6.09 Å². The minimum atomic E-state index is -2.47. The number of nitrogens with zero attached hydrogens (tertiary/aromatic N) is 4. The summed E-state index contributed by atoms with van der Waals surface area (Å²) < 4.78 is 30.3. The lowest BCUT2D eigenvalue weighted by molar-refractivity contribution is -0.122. The molecule has 1 fully saturated rings. The van der Waals surface area contributed by atoms with Crippen LogP contribution >= 0.6 is 11.8 Å². The van der Waals surface area contributed by atoms with Crippen molar-refractivity contribution in [2.45, 2.75) is 18.0 Å². The van der Waals surface area contributed by atoms with Gasteiger partial charge in [-0.2, -0.15) is 0 Å². The summed E-state index contributed by atoms with van der Waals surface area (Å²) in [5, 5.41) is -0.499.